The average Bonchev–Trinajstić information content (AvgIpc) is 3.75. The van der Waals surface area contributed by atoms with Crippen molar-refractivity contribution in [3.05, 3.63) is 0 Å². The Hall–Kier alpha value is -6.29. The van der Waals surface area contributed by atoms with E-state index in [2.05, 4.69) is 26.4 Å². The van der Waals surface area contributed by atoms with Crippen LogP contribution in [0.15, 0.2) is 4.99 Å². The summed E-state index contributed by atoms with van der Waals surface area (Å²) >= 11 is 0. The molecule has 3 heterocycles. The Labute approximate surface area is 418 Å². The molecule has 0 saturated carbocycles. The van der Waals surface area contributed by atoms with Crippen molar-refractivity contribution in [3.63, 3.8) is 0 Å². The van der Waals surface area contributed by atoms with E-state index in [1.54, 1.807) is 28.7 Å². The number of hydrogen-bond donors (Lipinski definition) is 10. The van der Waals surface area contributed by atoms with Crippen molar-refractivity contribution in [2.45, 2.75) is 96.8 Å². The number of nitrogens with two attached hydrogens (primary N) is 2. The molecule has 72 heavy (non-hydrogen) atoms. The quantitative estimate of drug-likeness (QED) is 0.0197. The number of carbonyl (C=O) groups excluding carboxylic acids is 9. The number of aliphatic carboxylic acids is 3. The highest BCUT2D eigenvalue weighted by Crippen LogP contribution is 2.21. The zero-order valence-corrected chi connectivity index (χ0v) is 40.6. The number of carbonyl (C=O) groups is 10. The fourth-order valence-corrected chi connectivity index (χ4v) is 8.15. The zero-order valence-electron chi connectivity index (χ0n) is 40.6. The third-order valence-electron chi connectivity index (χ3n) is 12.0. The number of guanidine groups is 1. The molecule has 3 saturated heterocycles. The standard InChI is InChI=1S/C42H71N13O13.CO2.CH4/c1-26(2)35-37(64)40(67)49-38(65)29(22-32(57)58)47-42(68)46-11-5-4-8-27(36(63)28(9-6-12-45-41(43)44)50-55-13-7-10-30(55)39(66)48-35)31(56)23-52-16-14-51(3)15-17-53(24-33(59)60)20-21-54(19-18-52)25-34(61)62;2-1-3;/h26-30,35,50H,4-25H2,1-3H3,(H,48,66)(H,57,58)(H,59,60)(H,61,62)(H4,43,44,45)(H2,46,47,68)(H,49,65,67);;1H4/t27?,28-,29-,30-,35-;;/m0../s1. The minimum Gasteiger partial charge on any atom is -0.481 e. The summed E-state index contributed by atoms with van der Waals surface area (Å²) in [6, 6.07) is -6.18. The van der Waals surface area contributed by atoms with Crippen LogP contribution in [0.4, 0.5) is 4.79 Å². The van der Waals surface area contributed by atoms with Gasteiger partial charge in [0.1, 0.15) is 12.1 Å². The van der Waals surface area contributed by atoms with Crippen LogP contribution in [-0.4, -0.2) is 234 Å². The van der Waals surface area contributed by atoms with Crippen LogP contribution in [-0.2, 0) is 52.7 Å². The van der Waals surface area contributed by atoms with Gasteiger partial charge in [0, 0.05) is 72.0 Å². The van der Waals surface area contributed by atoms with Gasteiger partial charge in [0.25, 0.3) is 5.91 Å². The van der Waals surface area contributed by atoms with Gasteiger partial charge in [-0.1, -0.05) is 27.7 Å². The zero-order chi connectivity index (χ0) is 53.2. The fourth-order valence-electron chi connectivity index (χ4n) is 8.15. The highest BCUT2D eigenvalue weighted by molar-refractivity contribution is 6.41. The summed E-state index contributed by atoms with van der Waals surface area (Å²) in [6.07, 6.45) is 0.968. The Morgan fingerprint density at radius 2 is 1.29 bits per heavy atom. The minimum absolute atomic E-state index is 0. The summed E-state index contributed by atoms with van der Waals surface area (Å²) in [6.45, 7) is 5.48. The number of carboxylic acid groups (broad SMARTS) is 3. The van der Waals surface area contributed by atoms with E-state index < -0.39 is 101 Å². The first-order valence-corrected chi connectivity index (χ1v) is 23.4. The van der Waals surface area contributed by atoms with Crippen molar-refractivity contribution in [1.82, 2.24) is 51.3 Å². The van der Waals surface area contributed by atoms with Crippen molar-refractivity contribution in [2.24, 2.45) is 28.3 Å². The molecule has 12 N–H and O–H groups in total. The molecule has 0 spiro atoms. The van der Waals surface area contributed by atoms with Crippen molar-refractivity contribution in [1.29, 1.82) is 0 Å². The third-order valence-corrected chi connectivity index (χ3v) is 12.0. The number of hydrazine groups is 1. The van der Waals surface area contributed by atoms with Crippen LogP contribution in [0.25, 0.3) is 0 Å². The summed E-state index contributed by atoms with van der Waals surface area (Å²) in [5, 5.41) is 39.3. The van der Waals surface area contributed by atoms with Gasteiger partial charge in [-0.05, 0) is 51.5 Å². The molecule has 5 atom stereocenters. The third kappa shape index (κ3) is 23.7. The Kier molecular flexibility index (Phi) is 29.5. The number of ketones is 3. The Bertz CT molecular complexity index is 1930. The molecule has 3 aliphatic rings. The van der Waals surface area contributed by atoms with Gasteiger partial charge in [-0.25, -0.2) is 15.2 Å². The predicted molar refractivity (Wildman–Crippen MR) is 255 cm³/mol. The molecule has 5 amide bonds. The normalized spacial score (nSPS) is 24.0. The lowest BCUT2D eigenvalue weighted by Gasteiger charge is -2.33. The molecule has 28 heteroatoms. The van der Waals surface area contributed by atoms with Gasteiger partial charge in [0.2, 0.25) is 17.6 Å². The van der Waals surface area contributed by atoms with Crippen LogP contribution < -0.4 is 38.2 Å². The number of rotatable bonds is 14. The number of nitrogens with zero attached hydrogens (tertiary/aromatic N) is 6. The number of carboxylic acids is 3. The fraction of sp³-hybridized carbons (Fsp3) is 0.727. The smallest absolute Gasteiger partial charge is 0.373 e. The highest BCUT2D eigenvalue weighted by atomic mass is 16.4. The molecule has 1 unspecified atom stereocenters. The first-order chi connectivity index (χ1) is 33.6. The van der Waals surface area contributed by atoms with Crippen molar-refractivity contribution >= 4 is 71.1 Å². The van der Waals surface area contributed by atoms with E-state index in [1.807, 2.05) is 22.2 Å². The molecule has 28 nitrogen and oxygen atoms in total. The maximum absolute atomic E-state index is 14.9. The summed E-state index contributed by atoms with van der Waals surface area (Å²) in [7, 11) is 1.86. The second-order valence-electron chi connectivity index (χ2n) is 17.9. The molecule has 3 aliphatic heterocycles. The first-order valence-electron chi connectivity index (χ1n) is 23.4. The van der Waals surface area contributed by atoms with Gasteiger partial charge in [-0.3, -0.25) is 68.2 Å². The predicted octanol–water partition coefficient (Wildman–Crippen LogP) is -4.12. The van der Waals surface area contributed by atoms with Gasteiger partial charge in [0.05, 0.1) is 44.1 Å². The Morgan fingerprint density at radius 1 is 0.736 bits per heavy atom. The van der Waals surface area contributed by atoms with E-state index >= 15 is 0 Å². The summed E-state index contributed by atoms with van der Waals surface area (Å²) in [4.78, 5) is 159. The van der Waals surface area contributed by atoms with Crippen LogP contribution in [0.3, 0.4) is 0 Å². The first kappa shape index (κ1) is 63.7. The number of aliphatic imine (C=N–C) groups is 1. The van der Waals surface area contributed by atoms with E-state index in [1.165, 1.54) is 0 Å². The van der Waals surface area contributed by atoms with Crippen molar-refractivity contribution in [2.75, 3.05) is 98.7 Å². The molecule has 0 aromatic rings. The van der Waals surface area contributed by atoms with Crippen LogP contribution in [0.2, 0.25) is 0 Å². The van der Waals surface area contributed by atoms with Crippen LogP contribution in [0, 0.1) is 11.8 Å². The van der Waals surface area contributed by atoms with Gasteiger partial charge in [-0.2, -0.15) is 9.59 Å². The molecular weight excluding hydrogens is 951 g/mol. The number of Topliss-reactive ketones (excluding diaryl/α,β-unsaturated/α-hetero) is 3. The number of urea groups is 1. The topological polar surface area (TPSA) is 406 Å². The number of amides is 5. The molecular formula is C44H75N13O15. The molecule has 0 aliphatic carbocycles. The summed E-state index contributed by atoms with van der Waals surface area (Å²) < 4.78 is 0. The number of fused-ring (bicyclic) bond motifs is 1. The average molecular weight is 1030 g/mol. The van der Waals surface area contributed by atoms with Crippen LogP contribution >= 0.6 is 0 Å². The molecule has 0 bridgehead atoms. The van der Waals surface area contributed by atoms with Crippen molar-refractivity contribution < 1.29 is 72.9 Å². The van der Waals surface area contributed by atoms with Gasteiger partial charge >= 0.3 is 30.1 Å². The van der Waals surface area contributed by atoms with E-state index in [0.29, 0.717) is 39.1 Å². The van der Waals surface area contributed by atoms with Crippen molar-refractivity contribution in [3.8, 4) is 0 Å². The second kappa shape index (κ2) is 33.4. The largest absolute Gasteiger partial charge is 0.481 e. The lowest BCUT2D eigenvalue weighted by molar-refractivity contribution is -0.192. The molecule has 406 valence electrons. The number of likely N-dealkylation sites (N-methyl/N-ethyl adjacent to an activating group) is 1. The van der Waals surface area contributed by atoms with Gasteiger partial charge in [-0.15, -0.1) is 0 Å². The number of nitrogens with one attached hydrogen (secondary N) is 5. The van der Waals surface area contributed by atoms with E-state index in [0.717, 1.165) is 0 Å². The minimum atomic E-state index is -1.78. The van der Waals surface area contributed by atoms with E-state index in [9.17, 15) is 63.3 Å². The van der Waals surface area contributed by atoms with Crippen LogP contribution in [0.1, 0.15) is 72.6 Å². The van der Waals surface area contributed by atoms with E-state index in [4.69, 9.17) is 21.1 Å². The monoisotopic (exact) mass is 1030 g/mol. The number of imide groups is 1. The molecule has 3 rings (SSSR count). The SMILES string of the molecule is C.CC(C)[C@@H]1NC(=O)[C@@H]2CCCN2N[C@@H](CCCN=C(N)N)C(=O)C(C(=O)CN2CCN(C)CCN(CC(=O)O)CCN(CC(=O)O)CC2)CCCCNC(=O)N[C@@H](CC(=O)O)C(=O)NC(=O)C1=O.O=C=O. The van der Waals surface area contributed by atoms with E-state index in [-0.39, 0.29) is 117 Å². The Morgan fingerprint density at radius 3 is 1.82 bits per heavy atom. The highest BCUT2D eigenvalue weighted by Gasteiger charge is 2.40. The summed E-state index contributed by atoms with van der Waals surface area (Å²) in [5.41, 5.74) is 14.3. The van der Waals surface area contributed by atoms with Gasteiger partial charge < -0.3 is 47.6 Å². The summed E-state index contributed by atoms with van der Waals surface area (Å²) in [5.74, 6) is -11.1. The van der Waals surface area contributed by atoms with Gasteiger partial charge in [0.15, 0.2) is 17.5 Å². The molecule has 0 aromatic heterocycles. The molecule has 3 fully saturated rings. The second-order valence-corrected chi connectivity index (χ2v) is 17.9. The lowest BCUT2D eigenvalue weighted by atomic mass is 9.87. The maximum atomic E-state index is 14.9. The number of hydrogen-bond acceptors (Lipinski definition) is 19. The Balaban J connectivity index is 0.00000631. The maximum Gasteiger partial charge on any atom is 0.373 e. The molecule has 0 radical (unpaired) electrons. The molecule has 0 aromatic carbocycles. The van der Waals surface area contributed by atoms with Crippen LogP contribution in [0.5, 0.6) is 0 Å². The lowest BCUT2D eigenvalue weighted by Crippen LogP contribution is -2.59.